The number of nitrogen functional groups attached to an aromatic ring is 1. The first kappa shape index (κ1) is 15.5. The third-order valence-corrected chi connectivity index (χ3v) is 4.76. The zero-order valence-corrected chi connectivity index (χ0v) is 14.4. The molecular formula is C10H7Br2ClN4O2S. The van der Waals surface area contributed by atoms with E-state index in [0.717, 1.165) is 0 Å². The highest BCUT2D eigenvalue weighted by molar-refractivity contribution is 9.11. The molecule has 0 aliphatic carbocycles. The van der Waals surface area contributed by atoms with Crippen molar-refractivity contribution in [3.63, 3.8) is 0 Å². The molecular weight excluding hydrogens is 435 g/mol. The monoisotopic (exact) mass is 440 g/mol. The zero-order chi connectivity index (χ0) is 14.9. The molecule has 6 nitrogen and oxygen atoms in total. The van der Waals surface area contributed by atoms with Crippen LogP contribution in [-0.2, 0) is 10.0 Å². The number of nitrogens with two attached hydrogens (primary N) is 1. The maximum absolute atomic E-state index is 12.3. The molecule has 0 unspecified atom stereocenters. The number of halogens is 3. The van der Waals surface area contributed by atoms with E-state index < -0.39 is 10.0 Å². The van der Waals surface area contributed by atoms with Crippen molar-refractivity contribution in [1.82, 2.24) is 9.97 Å². The molecule has 3 N–H and O–H groups in total. The minimum atomic E-state index is -3.91. The Morgan fingerprint density at radius 3 is 2.65 bits per heavy atom. The van der Waals surface area contributed by atoms with Crippen LogP contribution in [0.4, 0.5) is 11.5 Å². The standard InChI is InChI=1S/C10H7Br2ClN4O2S/c11-8-4-15-10(9(12)16-8)17-20(18,19)7-3-5(13)1-2-6(7)14/h1-4H,14H2,(H,15,17). The van der Waals surface area contributed by atoms with Crippen LogP contribution in [0.5, 0.6) is 0 Å². The van der Waals surface area contributed by atoms with Gasteiger partial charge in [-0.05, 0) is 50.1 Å². The van der Waals surface area contributed by atoms with Crippen LogP contribution in [-0.4, -0.2) is 18.4 Å². The Balaban J connectivity index is 2.43. The summed E-state index contributed by atoms with van der Waals surface area (Å²) in [4.78, 5) is 7.77. The van der Waals surface area contributed by atoms with Crippen LogP contribution in [0, 0.1) is 0 Å². The maximum Gasteiger partial charge on any atom is 0.265 e. The van der Waals surface area contributed by atoms with Gasteiger partial charge in [0.25, 0.3) is 10.0 Å². The van der Waals surface area contributed by atoms with E-state index in [2.05, 4.69) is 46.5 Å². The number of nitrogens with one attached hydrogen (secondary N) is 1. The summed E-state index contributed by atoms with van der Waals surface area (Å²) in [6.07, 6.45) is 1.37. The Morgan fingerprint density at radius 2 is 2.00 bits per heavy atom. The lowest BCUT2D eigenvalue weighted by molar-refractivity contribution is 0.601. The summed E-state index contributed by atoms with van der Waals surface area (Å²) in [6.45, 7) is 0. The van der Waals surface area contributed by atoms with E-state index in [0.29, 0.717) is 4.60 Å². The molecule has 0 atom stereocenters. The van der Waals surface area contributed by atoms with Gasteiger partial charge in [0, 0.05) is 5.02 Å². The summed E-state index contributed by atoms with van der Waals surface area (Å²) in [5.41, 5.74) is 5.74. The van der Waals surface area contributed by atoms with Gasteiger partial charge in [-0.2, -0.15) is 0 Å². The third-order valence-electron chi connectivity index (χ3n) is 2.20. The Labute approximate surface area is 137 Å². The van der Waals surface area contributed by atoms with E-state index in [-0.39, 0.29) is 26.0 Å². The minimum absolute atomic E-state index is 0.0487. The zero-order valence-electron chi connectivity index (χ0n) is 9.64. The van der Waals surface area contributed by atoms with Gasteiger partial charge in [0.1, 0.15) is 9.50 Å². The molecule has 0 fully saturated rings. The van der Waals surface area contributed by atoms with Crippen LogP contribution in [0.25, 0.3) is 0 Å². The number of sulfonamides is 1. The van der Waals surface area contributed by atoms with Crippen molar-refractivity contribution in [3.8, 4) is 0 Å². The van der Waals surface area contributed by atoms with E-state index in [1.807, 2.05) is 0 Å². The molecule has 1 heterocycles. The molecule has 0 bridgehead atoms. The fourth-order valence-electron chi connectivity index (χ4n) is 1.34. The lowest BCUT2D eigenvalue weighted by Crippen LogP contribution is -2.16. The van der Waals surface area contributed by atoms with Gasteiger partial charge in [0.2, 0.25) is 0 Å². The average Bonchev–Trinajstić information content (AvgIpc) is 2.35. The van der Waals surface area contributed by atoms with Crippen LogP contribution in [0.2, 0.25) is 5.02 Å². The highest BCUT2D eigenvalue weighted by atomic mass is 79.9. The highest BCUT2D eigenvalue weighted by Crippen LogP contribution is 2.27. The number of nitrogens with zero attached hydrogens (tertiary/aromatic N) is 2. The average molecular weight is 443 g/mol. The molecule has 2 rings (SSSR count). The van der Waals surface area contributed by atoms with Crippen LogP contribution >= 0.6 is 43.5 Å². The van der Waals surface area contributed by atoms with Crippen molar-refractivity contribution in [1.29, 1.82) is 0 Å². The SMILES string of the molecule is Nc1ccc(Cl)cc1S(=O)(=O)Nc1ncc(Br)nc1Br. The Kier molecular flexibility index (Phi) is 4.52. The lowest BCUT2D eigenvalue weighted by Gasteiger charge is -2.10. The number of aromatic nitrogens is 2. The second kappa shape index (κ2) is 5.84. The molecule has 0 amide bonds. The summed E-state index contributed by atoms with van der Waals surface area (Å²) in [5.74, 6) is 0.0487. The first-order valence-electron chi connectivity index (χ1n) is 5.05. The Hall–Kier alpha value is -0.900. The topological polar surface area (TPSA) is 98.0 Å². The van der Waals surface area contributed by atoms with E-state index >= 15 is 0 Å². The van der Waals surface area contributed by atoms with Crippen LogP contribution in [0.3, 0.4) is 0 Å². The summed E-state index contributed by atoms with van der Waals surface area (Å²) in [5, 5.41) is 0.264. The van der Waals surface area contributed by atoms with E-state index in [1.54, 1.807) is 0 Å². The molecule has 20 heavy (non-hydrogen) atoms. The minimum Gasteiger partial charge on any atom is -0.398 e. The fourth-order valence-corrected chi connectivity index (χ4v) is 3.79. The van der Waals surface area contributed by atoms with Gasteiger partial charge in [0.05, 0.1) is 11.9 Å². The van der Waals surface area contributed by atoms with Gasteiger partial charge < -0.3 is 5.73 Å². The van der Waals surface area contributed by atoms with Crippen molar-refractivity contribution >= 4 is 65.0 Å². The van der Waals surface area contributed by atoms with Gasteiger partial charge in [-0.1, -0.05) is 11.6 Å². The van der Waals surface area contributed by atoms with Crippen molar-refractivity contribution in [2.75, 3.05) is 10.5 Å². The number of hydrogen-bond acceptors (Lipinski definition) is 5. The van der Waals surface area contributed by atoms with Crippen LogP contribution in [0.15, 0.2) is 38.5 Å². The molecule has 0 saturated carbocycles. The molecule has 1 aromatic carbocycles. The number of anilines is 2. The maximum atomic E-state index is 12.3. The number of rotatable bonds is 3. The smallest absolute Gasteiger partial charge is 0.265 e. The van der Waals surface area contributed by atoms with E-state index in [4.69, 9.17) is 17.3 Å². The summed E-state index contributed by atoms with van der Waals surface area (Å²) in [7, 11) is -3.91. The quantitative estimate of drug-likeness (QED) is 0.712. The van der Waals surface area contributed by atoms with Crippen molar-refractivity contribution < 1.29 is 8.42 Å². The van der Waals surface area contributed by atoms with Crippen LogP contribution < -0.4 is 10.5 Å². The summed E-state index contributed by atoms with van der Waals surface area (Å²) >= 11 is 12.0. The van der Waals surface area contributed by atoms with Gasteiger partial charge in [-0.3, -0.25) is 4.72 Å². The summed E-state index contributed by atoms with van der Waals surface area (Å²) < 4.78 is 27.5. The van der Waals surface area contributed by atoms with Gasteiger partial charge in [-0.15, -0.1) is 0 Å². The molecule has 0 aliphatic heterocycles. The van der Waals surface area contributed by atoms with Crippen molar-refractivity contribution in [3.05, 3.63) is 38.6 Å². The molecule has 0 radical (unpaired) electrons. The van der Waals surface area contributed by atoms with E-state index in [1.165, 1.54) is 24.4 Å². The lowest BCUT2D eigenvalue weighted by atomic mass is 10.3. The molecule has 10 heteroatoms. The molecule has 106 valence electrons. The second-order valence-corrected chi connectivity index (χ2v) is 7.27. The molecule has 0 spiro atoms. The third kappa shape index (κ3) is 3.40. The number of hydrogen-bond donors (Lipinski definition) is 2. The predicted molar refractivity (Wildman–Crippen MR) is 84.1 cm³/mol. The highest BCUT2D eigenvalue weighted by Gasteiger charge is 2.20. The molecule has 1 aromatic heterocycles. The summed E-state index contributed by atoms with van der Waals surface area (Å²) in [6, 6.07) is 4.18. The van der Waals surface area contributed by atoms with Gasteiger partial charge in [0.15, 0.2) is 10.4 Å². The Bertz CT molecular complexity index is 770. The molecule has 0 saturated heterocycles. The second-order valence-electron chi connectivity index (χ2n) is 3.62. The number of benzene rings is 1. The first-order chi connectivity index (χ1) is 9.29. The molecule has 2 aromatic rings. The van der Waals surface area contributed by atoms with E-state index in [9.17, 15) is 8.42 Å². The van der Waals surface area contributed by atoms with Crippen LogP contribution in [0.1, 0.15) is 0 Å². The Morgan fingerprint density at radius 1 is 1.30 bits per heavy atom. The first-order valence-corrected chi connectivity index (χ1v) is 8.50. The van der Waals surface area contributed by atoms with Crippen molar-refractivity contribution in [2.45, 2.75) is 4.90 Å². The fraction of sp³-hybridized carbons (Fsp3) is 0. The van der Waals surface area contributed by atoms with Gasteiger partial charge in [-0.25, -0.2) is 18.4 Å². The normalized spacial score (nSPS) is 11.3. The predicted octanol–water partition coefficient (Wildman–Crippen LogP) is 3.04. The van der Waals surface area contributed by atoms with Gasteiger partial charge >= 0.3 is 0 Å². The largest absolute Gasteiger partial charge is 0.398 e. The molecule has 0 aliphatic rings. The van der Waals surface area contributed by atoms with Crippen molar-refractivity contribution in [2.24, 2.45) is 0 Å².